The molecule has 0 aliphatic carbocycles. The number of hydrogen-bond donors (Lipinski definition) is 0. The van der Waals surface area contributed by atoms with Crippen LogP contribution in [0.5, 0.6) is 0 Å². The average Bonchev–Trinajstić information content (AvgIpc) is 2.39. The third-order valence-corrected chi connectivity index (χ3v) is 5.05. The van der Waals surface area contributed by atoms with Crippen LogP contribution >= 0.6 is 0 Å². The molecular formula is C13H19NO3S. The van der Waals surface area contributed by atoms with E-state index in [1.54, 1.807) is 12.1 Å². The van der Waals surface area contributed by atoms with Crippen molar-refractivity contribution in [1.29, 1.82) is 0 Å². The highest BCUT2D eigenvalue weighted by Crippen LogP contribution is 2.19. The summed E-state index contributed by atoms with van der Waals surface area (Å²) in [4.78, 5) is 0.369. The van der Waals surface area contributed by atoms with Gasteiger partial charge in [0.05, 0.1) is 17.6 Å². The summed E-state index contributed by atoms with van der Waals surface area (Å²) in [5, 5.41) is 0. The minimum absolute atomic E-state index is 0.0385. The Kier molecular flexibility index (Phi) is 4.04. The molecule has 1 saturated heterocycles. The third-order valence-electron chi connectivity index (χ3n) is 3.17. The van der Waals surface area contributed by atoms with Gasteiger partial charge in [0, 0.05) is 13.1 Å². The van der Waals surface area contributed by atoms with Crippen molar-refractivity contribution in [3.05, 3.63) is 29.8 Å². The maximum absolute atomic E-state index is 12.4. The molecular weight excluding hydrogens is 250 g/mol. The Hall–Kier alpha value is -0.910. The van der Waals surface area contributed by atoms with E-state index in [1.807, 2.05) is 26.0 Å². The number of nitrogens with zero attached hydrogens (tertiary/aromatic N) is 1. The van der Waals surface area contributed by atoms with E-state index < -0.39 is 10.0 Å². The van der Waals surface area contributed by atoms with Gasteiger partial charge in [-0.2, -0.15) is 4.31 Å². The van der Waals surface area contributed by atoms with Crippen molar-refractivity contribution >= 4 is 10.0 Å². The monoisotopic (exact) mass is 269 g/mol. The van der Waals surface area contributed by atoms with Gasteiger partial charge in [0.25, 0.3) is 0 Å². The third kappa shape index (κ3) is 2.74. The van der Waals surface area contributed by atoms with Crippen LogP contribution in [-0.4, -0.2) is 38.5 Å². The minimum Gasteiger partial charge on any atom is -0.376 e. The molecule has 0 N–H and O–H groups in total. The highest BCUT2D eigenvalue weighted by Gasteiger charge is 2.28. The number of ether oxygens (including phenoxy) is 1. The molecule has 0 unspecified atom stereocenters. The van der Waals surface area contributed by atoms with Crippen molar-refractivity contribution in [2.75, 3.05) is 19.7 Å². The molecule has 1 atom stereocenters. The van der Waals surface area contributed by atoms with E-state index in [4.69, 9.17) is 4.74 Å². The summed E-state index contributed by atoms with van der Waals surface area (Å²) < 4.78 is 31.7. The summed E-state index contributed by atoms with van der Waals surface area (Å²) in [5.41, 5.74) is 1.14. The predicted octanol–water partition coefficient (Wildman–Crippen LogP) is 1.66. The molecule has 1 heterocycles. The van der Waals surface area contributed by atoms with E-state index in [9.17, 15) is 8.42 Å². The summed E-state index contributed by atoms with van der Waals surface area (Å²) in [6, 6.07) is 7.12. The lowest BCUT2D eigenvalue weighted by atomic mass is 10.2. The zero-order chi connectivity index (χ0) is 13.2. The molecule has 1 aliphatic heterocycles. The Morgan fingerprint density at radius 1 is 1.33 bits per heavy atom. The van der Waals surface area contributed by atoms with Crippen LogP contribution in [0, 0.1) is 0 Å². The molecule has 5 heteroatoms. The van der Waals surface area contributed by atoms with Crippen LogP contribution in [-0.2, 0) is 21.2 Å². The van der Waals surface area contributed by atoms with Crippen LogP contribution in [0.4, 0.5) is 0 Å². The molecule has 1 aliphatic rings. The van der Waals surface area contributed by atoms with Crippen LogP contribution < -0.4 is 0 Å². The first-order valence-corrected chi connectivity index (χ1v) is 7.68. The lowest BCUT2D eigenvalue weighted by molar-refractivity contribution is 0.0102. The summed E-state index contributed by atoms with van der Waals surface area (Å²) >= 11 is 0. The summed E-state index contributed by atoms with van der Waals surface area (Å²) in [6.45, 7) is 5.27. The number of hydrogen-bond acceptors (Lipinski definition) is 3. The summed E-state index contributed by atoms with van der Waals surface area (Å²) in [6.07, 6.45) is 0.873. The van der Waals surface area contributed by atoms with Crippen molar-refractivity contribution in [3.63, 3.8) is 0 Å². The smallest absolute Gasteiger partial charge is 0.243 e. The molecule has 0 radical (unpaired) electrons. The molecule has 1 aromatic rings. The fraction of sp³-hybridized carbons (Fsp3) is 0.538. The topological polar surface area (TPSA) is 46.6 Å². The van der Waals surface area contributed by atoms with Gasteiger partial charge in [-0.3, -0.25) is 0 Å². The largest absolute Gasteiger partial charge is 0.376 e. The van der Waals surface area contributed by atoms with Gasteiger partial charge in [0.15, 0.2) is 0 Å². The zero-order valence-corrected chi connectivity index (χ0v) is 11.6. The van der Waals surface area contributed by atoms with Crippen molar-refractivity contribution in [1.82, 2.24) is 4.31 Å². The van der Waals surface area contributed by atoms with E-state index in [0.29, 0.717) is 24.6 Å². The minimum atomic E-state index is -3.37. The fourth-order valence-electron chi connectivity index (χ4n) is 2.05. The maximum atomic E-state index is 12.4. The predicted molar refractivity (Wildman–Crippen MR) is 70.0 cm³/mol. The highest BCUT2D eigenvalue weighted by atomic mass is 32.2. The van der Waals surface area contributed by atoms with E-state index in [2.05, 4.69) is 0 Å². The molecule has 2 rings (SSSR count). The lowest BCUT2D eigenvalue weighted by Gasteiger charge is -2.30. The van der Waals surface area contributed by atoms with Gasteiger partial charge in [0.1, 0.15) is 0 Å². The second-order valence-corrected chi connectivity index (χ2v) is 6.48. The standard InChI is InChI=1S/C13H19NO3S/c1-3-12-4-6-13(7-5-12)18(15,16)14-8-9-17-11(2)10-14/h4-7,11H,3,8-10H2,1-2H3/t11-/m0/s1. The van der Waals surface area contributed by atoms with E-state index in [1.165, 1.54) is 4.31 Å². The Balaban J connectivity index is 2.23. The SMILES string of the molecule is CCc1ccc(S(=O)(=O)N2CCO[C@@H](C)C2)cc1. The molecule has 1 aromatic carbocycles. The van der Waals surface area contributed by atoms with Gasteiger partial charge in [-0.1, -0.05) is 19.1 Å². The maximum Gasteiger partial charge on any atom is 0.243 e. The normalized spacial score (nSPS) is 22.0. The van der Waals surface area contributed by atoms with Gasteiger partial charge in [-0.05, 0) is 31.0 Å². The van der Waals surface area contributed by atoms with Gasteiger partial charge in [0.2, 0.25) is 10.0 Å². The molecule has 0 saturated carbocycles. The number of rotatable bonds is 3. The van der Waals surface area contributed by atoms with Crippen molar-refractivity contribution in [2.24, 2.45) is 0 Å². The molecule has 0 aromatic heterocycles. The summed E-state index contributed by atoms with van der Waals surface area (Å²) in [5.74, 6) is 0. The quantitative estimate of drug-likeness (QED) is 0.838. The van der Waals surface area contributed by atoms with Crippen molar-refractivity contribution in [3.8, 4) is 0 Å². The van der Waals surface area contributed by atoms with Crippen LogP contribution in [0.15, 0.2) is 29.2 Å². The van der Waals surface area contributed by atoms with Gasteiger partial charge in [-0.15, -0.1) is 0 Å². The van der Waals surface area contributed by atoms with Crippen LogP contribution in [0.2, 0.25) is 0 Å². The van der Waals surface area contributed by atoms with Crippen LogP contribution in [0.1, 0.15) is 19.4 Å². The van der Waals surface area contributed by atoms with Gasteiger partial charge in [-0.25, -0.2) is 8.42 Å². The number of morpholine rings is 1. The highest BCUT2D eigenvalue weighted by molar-refractivity contribution is 7.89. The van der Waals surface area contributed by atoms with E-state index in [-0.39, 0.29) is 6.10 Å². The van der Waals surface area contributed by atoms with Crippen molar-refractivity contribution in [2.45, 2.75) is 31.3 Å². The number of sulfonamides is 1. The molecule has 0 bridgehead atoms. The van der Waals surface area contributed by atoms with E-state index >= 15 is 0 Å². The second kappa shape index (κ2) is 5.38. The first kappa shape index (κ1) is 13.5. The van der Waals surface area contributed by atoms with Gasteiger partial charge >= 0.3 is 0 Å². The molecule has 100 valence electrons. The molecule has 0 spiro atoms. The molecule has 18 heavy (non-hydrogen) atoms. The molecule has 4 nitrogen and oxygen atoms in total. The second-order valence-electron chi connectivity index (χ2n) is 4.54. The lowest BCUT2D eigenvalue weighted by Crippen LogP contribution is -2.44. The zero-order valence-electron chi connectivity index (χ0n) is 10.8. The Bertz CT molecular complexity index is 495. The first-order chi connectivity index (χ1) is 8.54. The average molecular weight is 269 g/mol. The number of benzene rings is 1. The van der Waals surface area contributed by atoms with Gasteiger partial charge < -0.3 is 4.74 Å². The Labute approximate surface area is 109 Å². The first-order valence-electron chi connectivity index (χ1n) is 6.24. The van der Waals surface area contributed by atoms with Crippen LogP contribution in [0.25, 0.3) is 0 Å². The van der Waals surface area contributed by atoms with Crippen molar-refractivity contribution < 1.29 is 13.2 Å². The van der Waals surface area contributed by atoms with Crippen LogP contribution in [0.3, 0.4) is 0 Å². The Morgan fingerprint density at radius 2 is 2.00 bits per heavy atom. The Morgan fingerprint density at radius 3 is 2.56 bits per heavy atom. The van der Waals surface area contributed by atoms with E-state index in [0.717, 1.165) is 12.0 Å². The summed E-state index contributed by atoms with van der Waals surface area (Å²) in [7, 11) is -3.37. The fourth-order valence-corrected chi connectivity index (χ4v) is 3.55. The number of aryl methyl sites for hydroxylation is 1. The molecule has 0 amide bonds. The molecule has 1 fully saturated rings.